The van der Waals surface area contributed by atoms with Crippen LogP contribution in [0.15, 0.2) is 18.3 Å². The number of rotatable bonds is 4. The number of aromatic carboxylic acids is 1. The van der Waals surface area contributed by atoms with Gasteiger partial charge in [-0.1, -0.05) is 20.8 Å². The monoisotopic (exact) mass is 259 g/mol. The first-order chi connectivity index (χ1) is 8.95. The van der Waals surface area contributed by atoms with Crippen LogP contribution >= 0.6 is 0 Å². The number of carboxylic acid groups (broad SMARTS) is 1. The molecule has 0 aliphatic carbocycles. The average molecular weight is 259 g/mol. The molecule has 0 bridgehead atoms. The van der Waals surface area contributed by atoms with E-state index in [-0.39, 0.29) is 0 Å². The van der Waals surface area contributed by atoms with Crippen LogP contribution in [0.4, 0.5) is 0 Å². The molecule has 0 fully saturated rings. The Morgan fingerprint density at radius 1 is 1.37 bits per heavy atom. The molecule has 0 aliphatic rings. The van der Waals surface area contributed by atoms with Crippen molar-refractivity contribution in [3.8, 4) is 0 Å². The van der Waals surface area contributed by atoms with Gasteiger partial charge in [0.2, 0.25) is 0 Å². The lowest BCUT2D eigenvalue weighted by atomic mass is 9.97. The maximum atomic E-state index is 11.5. The SMILES string of the molecule is CCCn1cc(C)c2cc(C(C)C)cc(C(=O)O)c21. The molecule has 1 heterocycles. The van der Waals surface area contributed by atoms with Crippen molar-refractivity contribution in [2.24, 2.45) is 0 Å². The highest BCUT2D eigenvalue weighted by atomic mass is 16.4. The Morgan fingerprint density at radius 2 is 2.05 bits per heavy atom. The summed E-state index contributed by atoms with van der Waals surface area (Å²) in [6, 6.07) is 3.95. The Bertz CT molecular complexity index is 623. The maximum Gasteiger partial charge on any atom is 0.337 e. The molecule has 0 spiro atoms. The number of nitrogens with zero attached hydrogens (tertiary/aromatic N) is 1. The molecule has 2 aromatic rings. The summed E-state index contributed by atoms with van der Waals surface area (Å²) in [5, 5.41) is 10.5. The largest absolute Gasteiger partial charge is 0.478 e. The number of aromatic nitrogens is 1. The van der Waals surface area contributed by atoms with E-state index in [2.05, 4.69) is 37.6 Å². The van der Waals surface area contributed by atoms with Gasteiger partial charge in [-0.3, -0.25) is 0 Å². The second-order valence-corrected chi connectivity index (χ2v) is 5.43. The van der Waals surface area contributed by atoms with E-state index < -0.39 is 5.97 Å². The highest BCUT2D eigenvalue weighted by molar-refractivity contribution is 6.03. The van der Waals surface area contributed by atoms with E-state index in [1.807, 2.05) is 13.0 Å². The van der Waals surface area contributed by atoms with Crippen molar-refractivity contribution in [2.45, 2.75) is 46.6 Å². The van der Waals surface area contributed by atoms with E-state index >= 15 is 0 Å². The van der Waals surface area contributed by atoms with Gasteiger partial charge in [-0.05, 0) is 42.5 Å². The van der Waals surface area contributed by atoms with Gasteiger partial charge < -0.3 is 9.67 Å². The second kappa shape index (κ2) is 5.08. The molecule has 0 atom stereocenters. The predicted molar refractivity (Wildman–Crippen MR) is 78.0 cm³/mol. The third kappa shape index (κ3) is 2.37. The molecule has 0 saturated heterocycles. The summed E-state index contributed by atoms with van der Waals surface area (Å²) in [7, 11) is 0. The number of carbonyl (C=O) groups is 1. The number of aryl methyl sites for hydroxylation is 2. The van der Waals surface area contributed by atoms with E-state index in [1.165, 1.54) is 0 Å². The summed E-state index contributed by atoms with van der Waals surface area (Å²) in [6.07, 6.45) is 3.05. The number of hydrogen-bond acceptors (Lipinski definition) is 1. The van der Waals surface area contributed by atoms with Crippen LogP contribution in [0.2, 0.25) is 0 Å². The van der Waals surface area contributed by atoms with Gasteiger partial charge in [0.1, 0.15) is 0 Å². The molecule has 1 aromatic carbocycles. The number of carboxylic acids is 1. The van der Waals surface area contributed by atoms with Crippen molar-refractivity contribution in [1.82, 2.24) is 4.57 Å². The van der Waals surface area contributed by atoms with Gasteiger partial charge in [-0.15, -0.1) is 0 Å². The fraction of sp³-hybridized carbons (Fsp3) is 0.438. The van der Waals surface area contributed by atoms with Gasteiger partial charge in [0, 0.05) is 18.1 Å². The van der Waals surface area contributed by atoms with Crippen LogP contribution in [0.25, 0.3) is 10.9 Å². The fourth-order valence-corrected chi connectivity index (χ4v) is 2.55. The van der Waals surface area contributed by atoms with Crippen LogP contribution in [0, 0.1) is 6.92 Å². The highest BCUT2D eigenvalue weighted by Crippen LogP contribution is 2.29. The van der Waals surface area contributed by atoms with Crippen LogP contribution in [-0.2, 0) is 6.54 Å². The van der Waals surface area contributed by atoms with Crippen molar-refractivity contribution >= 4 is 16.9 Å². The molecular weight excluding hydrogens is 238 g/mol. The Balaban J connectivity index is 2.81. The number of fused-ring (bicyclic) bond motifs is 1. The number of hydrogen-bond donors (Lipinski definition) is 1. The third-order valence-electron chi connectivity index (χ3n) is 3.56. The zero-order valence-corrected chi connectivity index (χ0v) is 12.0. The van der Waals surface area contributed by atoms with Gasteiger partial charge >= 0.3 is 5.97 Å². The van der Waals surface area contributed by atoms with Crippen molar-refractivity contribution in [1.29, 1.82) is 0 Å². The van der Waals surface area contributed by atoms with Gasteiger partial charge in [-0.2, -0.15) is 0 Å². The van der Waals surface area contributed by atoms with Crippen LogP contribution < -0.4 is 0 Å². The topological polar surface area (TPSA) is 42.2 Å². The van der Waals surface area contributed by atoms with Gasteiger partial charge in [0.25, 0.3) is 0 Å². The van der Waals surface area contributed by atoms with Crippen LogP contribution in [0.3, 0.4) is 0 Å². The minimum absolute atomic E-state index is 0.330. The van der Waals surface area contributed by atoms with Crippen molar-refractivity contribution in [2.75, 3.05) is 0 Å². The Hall–Kier alpha value is -1.77. The molecule has 0 amide bonds. The Morgan fingerprint density at radius 3 is 2.58 bits per heavy atom. The highest BCUT2D eigenvalue weighted by Gasteiger charge is 2.17. The van der Waals surface area contributed by atoms with E-state index in [0.717, 1.165) is 35.0 Å². The Kier molecular flexibility index (Phi) is 3.65. The van der Waals surface area contributed by atoms with Gasteiger partial charge in [0.15, 0.2) is 0 Å². The van der Waals surface area contributed by atoms with E-state index in [4.69, 9.17) is 0 Å². The summed E-state index contributed by atoms with van der Waals surface area (Å²) in [6.45, 7) is 9.18. The Labute approximate surface area is 113 Å². The molecule has 0 unspecified atom stereocenters. The summed E-state index contributed by atoms with van der Waals surface area (Å²) < 4.78 is 2.07. The molecule has 0 radical (unpaired) electrons. The first kappa shape index (κ1) is 13.7. The average Bonchev–Trinajstić information content (AvgIpc) is 2.66. The first-order valence-corrected chi connectivity index (χ1v) is 6.82. The molecule has 19 heavy (non-hydrogen) atoms. The summed E-state index contributed by atoms with van der Waals surface area (Å²) in [4.78, 5) is 11.5. The fourth-order valence-electron chi connectivity index (χ4n) is 2.55. The lowest BCUT2D eigenvalue weighted by Gasteiger charge is -2.11. The summed E-state index contributed by atoms with van der Waals surface area (Å²) in [5.41, 5.74) is 3.51. The molecule has 2 rings (SSSR count). The molecule has 1 aromatic heterocycles. The molecular formula is C16H21NO2. The van der Waals surface area contributed by atoms with Crippen molar-refractivity contribution in [3.05, 3.63) is 35.0 Å². The minimum Gasteiger partial charge on any atom is -0.478 e. The second-order valence-electron chi connectivity index (χ2n) is 5.43. The predicted octanol–water partition coefficient (Wildman–Crippen LogP) is 4.18. The van der Waals surface area contributed by atoms with E-state index in [0.29, 0.717) is 11.5 Å². The van der Waals surface area contributed by atoms with Crippen molar-refractivity contribution < 1.29 is 9.90 Å². The minimum atomic E-state index is -0.844. The number of benzene rings is 1. The molecule has 1 N–H and O–H groups in total. The summed E-state index contributed by atoms with van der Waals surface area (Å²) >= 11 is 0. The normalized spacial score (nSPS) is 11.4. The van der Waals surface area contributed by atoms with Crippen LogP contribution in [-0.4, -0.2) is 15.6 Å². The van der Waals surface area contributed by atoms with Crippen LogP contribution in [0.5, 0.6) is 0 Å². The quantitative estimate of drug-likeness (QED) is 0.895. The molecule has 3 heteroatoms. The van der Waals surface area contributed by atoms with E-state index in [9.17, 15) is 9.90 Å². The van der Waals surface area contributed by atoms with Crippen LogP contribution in [0.1, 0.15) is 54.6 Å². The standard InChI is InChI=1S/C16H21NO2/c1-5-6-17-9-11(4)13-7-12(10(2)3)8-14(15(13)17)16(18)19/h7-10H,5-6H2,1-4H3,(H,18,19). The zero-order chi connectivity index (χ0) is 14.2. The first-order valence-electron chi connectivity index (χ1n) is 6.82. The molecule has 102 valence electrons. The zero-order valence-electron chi connectivity index (χ0n) is 12.0. The maximum absolute atomic E-state index is 11.5. The van der Waals surface area contributed by atoms with Gasteiger partial charge in [-0.25, -0.2) is 4.79 Å². The third-order valence-corrected chi connectivity index (χ3v) is 3.56. The van der Waals surface area contributed by atoms with Crippen molar-refractivity contribution in [3.63, 3.8) is 0 Å². The molecule has 0 saturated carbocycles. The van der Waals surface area contributed by atoms with Gasteiger partial charge in [0.05, 0.1) is 11.1 Å². The smallest absolute Gasteiger partial charge is 0.337 e. The molecule has 3 nitrogen and oxygen atoms in total. The molecule has 0 aliphatic heterocycles. The summed E-state index contributed by atoms with van der Waals surface area (Å²) in [5.74, 6) is -0.514. The van der Waals surface area contributed by atoms with E-state index in [1.54, 1.807) is 0 Å². The lowest BCUT2D eigenvalue weighted by molar-refractivity contribution is 0.0698. The lowest BCUT2D eigenvalue weighted by Crippen LogP contribution is -2.04.